The van der Waals surface area contributed by atoms with Crippen LogP contribution in [0.3, 0.4) is 0 Å². The minimum atomic E-state index is -0.976. The molecule has 0 aromatic heterocycles. The van der Waals surface area contributed by atoms with E-state index in [9.17, 15) is 24.2 Å². The Labute approximate surface area is 169 Å². The lowest BCUT2D eigenvalue weighted by Gasteiger charge is -2.17. The molecule has 6 nitrogen and oxygen atoms in total. The van der Waals surface area contributed by atoms with Gasteiger partial charge in [0.15, 0.2) is 0 Å². The number of allylic oxidation sites excluding steroid dienone is 3. The van der Waals surface area contributed by atoms with Crippen LogP contribution in [0.25, 0.3) is 0 Å². The summed E-state index contributed by atoms with van der Waals surface area (Å²) in [5.74, 6) is -1.84. The van der Waals surface area contributed by atoms with Crippen LogP contribution in [0, 0.1) is 17.7 Å². The van der Waals surface area contributed by atoms with Gasteiger partial charge in [-0.15, -0.1) is 0 Å². The molecule has 4 atom stereocenters. The molecular weight excluding hydrogens is 379 g/mol. The van der Waals surface area contributed by atoms with E-state index in [0.717, 1.165) is 0 Å². The highest BCUT2D eigenvalue weighted by atomic mass is 19.1. The van der Waals surface area contributed by atoms with Gasteiger partial charge in [-0.25, -0.2) is 4.39 Å². The van der Waals surface area contributed by atoms with Gasteiger partial charge in [-0.2, -0.15) is 0 Å². The van der Waals surface area contributed by atoms with E-state index in [1.807, 2.05) is 12.2 Å². The van der Waals surface area contributed by atoms with Gasteiger partial charge in [-0.1, -0.05) is 30.4 Å². The molecule has 1 fully saturated rings. The molecule has 0 unspecified atom stereocenters. The molecule has 0 radical (unpaired) electrons. The van der Waals surface area contributed by atoms with Gasteiger partial charge >= 0.3 is 5.97 Å². The Morgan fingerprint density at radius 2 is 2.14 bits per heavy atom. The SMILES string of the molecule is O=C(O)CCC/C=C\C[C@H]1[C@@H](O)CC(=O)[C@@H]1/C=C/[C@@H](O)COc1cccc(F)c1. The first-order chi connectivity index (χ1) is 13.9. The number of halogens is 1. The second kappa shape index (κ2) is 11.5. The molecular formula is C22H27FO6. The van der Waals surface area contributed by atoms with Crippen molar-refractivity contribution in [1.29, 1.82) is 0 Å². The summed E-state index contributed by atoms with van der Waals surface area (Å²) in [5.41, 5.74) is 0. The van der Waals surface area contributed by atoms with Gasteiger partial charge in [-0.3, -0.25) is 9.59 Å². The van der Waals surface area contributed by atoms with E-state index in [4.69, 9.17) is 9.84 Å². The Morgan fingerprint density at radius 3 is 2.86 bits per heavy atom. The Balaban J connectivity index is 1.84. The number of benzene rings is 1. The number of carboxylic acid groups (broad SMARTS) is 1. The van der Waals surface area contributed by atoms with Crippen molar-refractivity contribution in [3.63, 3.8) is 0 Å². The smallest absolute Gasteiger partial charge is 0.303 e. The van der Waals surface area contributed by atoms with E-state index in [2.05, 4.69) is 0 Å². The lowest BCUT2D eigenvalue weighted by atomic mass is 9.90. The molecule has 0 aliphatic heterocycles. The second-order valence-electron chi connectivity index (χ2n) is 7.14. The zero-order chi connectivity index (χ0) is 21.2. The number of ether oxygens (including phenoxy) is 1. The molecule has 1 aromatic rings. The average molecular weight is 406 g/mol. The van der Waals surface area contributed by atoms with Crippen molar-refractivity contribution >= 4 is 11.8 Å². The van der Waals surface area contributed by atoms with Crippen molar-refractivity contribution in [3.05, 3.63) is 54.4 Å². The summed E-state index contributed by atoms with van der Waals surface area (Å²) in [5, 5.41) is 28.8. The van der Waals surface area contributed by atoms with Crippen LogP contribution in [0.5, 0.6) is 5.75 Å². The summed E-state index contributed by atoms with van der Waals surface area (Å²) >= 11 is 0. The Kier molecular flexibility index (Phi) is 9.02. The molecule has 0 heterocycles. The fourth-order valence-corrected chi connectivity index (χ4v) is 3.31. The number of aliphatic hydroxyl groups excluding tert-OH is 2. The molecule has 0 saturated heterocycles. The third-order valence-corrected chi connectivity index (χ3v) is 4.83. The molecule has 29 heavy (non-hydrogen) atoms. The maximum Gasteiger partial charge on any atom is 0.303 e. The standard InChI is InChI=1S/C22H27FO6/c23-15-6-5-7-17(12-15)29-14-16(24)10-11-19-18(20(25)13-21(19)26)8-3-1-2-4-9-22(27)28/h1,3,5-7,10-12,16,18-20,24-25H,2,4,8-9,13-14H2,(H,27,28)/b3-1-,11-10+/t16-,18-,19-,20+/m1/s1. The van der Waals surface area contributed by atoms with Gasteiger partial charge in [0, 0.05) is 30.7 Å². The van der Waals surface area contributed by atoms with Crippen LogP contribution in [0.4, 0.5) is 4.39 Å². The highest BCUT2D eigenvalue weighted by molar-refractivity contribution is 5.86. The van der Waals surface area contributed by atoms with Crippen molar-refractivity contribution in [2.24, 2.45) is 11.8 Å². The number of hydrogen-bond donors (Lipinski definition) is 3. The first-order valence-corrected chi connectivity index (χ1v) is 9.69. The summed E-state index contributed by atoms with van der Waals surface area (Å²) in [6.45, 7) is -0.0857. The number of carbonyl (C=O) groups is 2. The highest BCUT2D eigenvalue weighted by Crippen LogP contribution is 2.33. The van der Waals surface area contributed by atoms with Crippen molar-refractivity contribution in [3.8, 4) is 5.75 Å². The normalized spacial score (nSPS) is 23.1. The minimum Gasteiger partial charge on any atom is -0.490 e. The van der Waals surface area contributed by atoms with Crippen LogP contribution in [-0.4, -0.2) is 45.9 Å². The molecule has 3 N–H and O–H groups in total. The number of unbranched alkanes of at least 4 members (excludes halogenated alkanes) is 1. The van der Waals surface area contributed by atoms with Crippen LogP contribution in [0.15, 0.2) is 48.6 Å². The zero-order valence-corrected chi connectivity index (χ0v) is 16.1. The first-order valence-electron chi connectivity index (χ1n) is 9.69. The number of aliphatic hydroxyl groups is 2. The van der Waals surface area contributed by atoms with E-state index >= 15 is 0 Å². The lowest BCUT2D eigenvalue weighted by Crippen LogP contribution is -2.20. The van der Waals surface area contributed by atoms with Gasteiger partial charge in [0.1, 0.15) is 30.1 Å². The largest absolute Gasteiger partial charge is 0.490 e. The molecule has 1 aliphatic rings. The number of Topliss-reactive ketones (excluding diaryl/α,β-unsaturated/α-hetero) is 1. The van der Waals surface area contributed by atoms with Crippen LogP contribution in [0.2, 0.25) is 0 Å². The van der Waals surface area contributed by atoms with Crippen LogP contribution >= 0.6 is 0 Å². The van der Waals surface area contributed by atoms with Crippen molar-refractivity contribution in [1.82, 2.24) is 0 Å². The topological polar surface area (TPSA) is 104 Å². The summed E-state index contributed by atoms with van der Waals surface area (Å²) in [4.78, 5) is 22.7. The van der Waals surface area contributed by atoms with Gasteiger partial charge in [-0.05, 0) is 31.4 Å². The highest BCUT2D eigenvalue weighted by Gasteiger charge is 2.39. The number of hydrogen-bond acceptors (Lipinski definition) is 5. The van der Waals surface area contributed by atoms with Crippen LogP contribution < -0.4 is 4.74 Å². The Morgan fingerprint density at radius 1 is 1.34 bits per heavy atom. The number of carboxylic acids is 1. The number of rotatable bonds is 11. The van der Waals surface area contributed by atoms with E-state index in [-0.39, 0.29) is 31.1 Å². The molecule has 2 rings (SSSR count). The number of carbonyl (C=O) groups excluding carboxylic acids is 1. The van der Waals surface area contributed by atoms with Crippen LogP contribution in [0.1, 0.15) is 32.1 Å². The second-order valence-corrected chi connectivity index (χ2v) is 7.14. The predicted octanol–water partition coefficient (Wildman–Crippen LogP) is 2.89. The Hall–Kier alpha value is -2.51. The van der Waals surface area contributed by atoms with E-state index < -0.39 is 29.9 Å². The molecule has 0 bridgehead atoms. The van der Waals surface area contributed by atoms with Gasteiger partial charge in [0.2, 0.25) is 0 Å². The molecule has 1 aromatic carbocycles. The third-order valence-electron chi connectivity index (χ3n) is 4.83. The van der Waals surface area contributed by atoms with Crippen LogP contribution in [-0.2, 0) is 9.59 Å². The molecule has 0 spiro atoms. The fraction of sp³-hybridized carbons (Fsp3) is 0.455. The van der Waals surface area contributed by atoms with Gasteiger partial charge in [0.05, 0.1) is 6.10 Å². The lowest BCUT2D eigenvalue weighted by molar-refractivity contribution is -0.137. The van der Waals surface area contributed by atoms with Crippen molar-refractivity contribution in [2.75, 3.05) is 6.61 Å². The maximum absolute atomic E-state index is 13.1. The monoisotopic (exact) mass is 406 g/mol. The first kappa shape index (κ1) is 22.8. The molecule has 7 heteroatoms. The molecule has 158 valence electrons. The summed E-state index contributed by atoms with van der Waals surface area (Å²) < 4.78 is 18.5. The summed E-state index contributed by atoms with van der Waals surface area (Å²) in [6.07, 6.45) is 6.89. The number of ketones is 1. The fourth-order valence-electron chi connectivity index (χ4n) is 3.31. The predicted molar refractivity (Wildman–Crippen MR) is 105 cm³/mol. The summed E-state index contributed by atoms with van der Waals surface area (Å²) in [6, 6.07) is 5.59. The van der Waals surface area contributed by atoms with Gasteiger partial charge in [0.25, 0.3) is 0 Å². The van der Waals surface area contributed by atoms with Crippen molar-refractivity contribution in [2.45, 2.75) is 44.3 Å². The maximum atomic E-state index is 13.1. The van der Waals surface area contributed by atoms with Crippen molar-refractivity contribution < 1.29 is 34.0 Å². The molecule has 1 saturated carbocycles. The zero-order valence-electron chi connectivity index (χ0n) is 16.1. The minimum absolute atomic E-state index is 0.0718. The molecule has 1 aliphatic carbocycles. The van der Waals surface area contributed by atoms with Gasteiger partial charge < -0.3 is 20.1 Å². The van der Waals surface area contributed by atoms with E-state index in [0.29, 0.717) is 25.0 Å². The summed E-state index contributed by atoms with van der Waals surface area (Å²) in [7, 11) is 0. The molecule has 0 amide bonds. The third kappa shape index (κ3) is 7.79. The average Bonchev–Trinajstić information content (AvgIpc) is 2.93. The Bertz CT molecular complexity index is 745. The van der Waals surface area contributed by atoms with E-state index in [1.54, 1.807) is 12.1 Å². The quantitative estimate of drug-likeness (QED) is 0.386. The number of aliphatic carboxylic acids is 1. The van der Waals surface area contributed by atoms with E-state index in [1.165, 1.54) is 24.3 Å².